The quantitative estimate of drug-likeness (QED) is 0.212. The van der Waals surface area contributed by atoms with Gasteiger partial charge in [0.2, 0.25) is 0 Å². The number of nitro benzene ring substituents is 1. The van der Waals surface area contributed by atoms with Gasteiger partial charge in [-0.25, -0.2) is 9.63 Å². The van der Waals surface area contributed by atoms with E-state index in [9.17, 15) is 23.3 Å². The molecule has 0 saturated carbocycles. The summed E-state index contributed by atoms with van der Waals surface area (Å²) in [6, 6.07) is 17.2. The normalized spacial score (nSPS) is 11.2. The lowest BCUT2D eigenvalue weighted by molar-refractivity contribution is -0.385. The highest BCUT2D eigenvalue weighted by atomic mass is 32.2. The summed E-state index contributed by atoms with van der Waals surface area (Å²) in [5, 5.41) is 14.8. The Labute approximate surface area is 196 Å². The number of hydrazone groups is 1. The summed E-state index contributed by atoms with van der Waals surface area (Å²) in [6.45, 7) is 1.81. The number of carbonyl (C=O) groups excluding carboxylic acids is 1. The van der Waals surface area contributed by atoms with Gasteiger partial charge in [0.05, 0.1) is 28.7 Å². The molecule has 0 spiro atoms. The smallest absolute Gasteiger partial charge is 0.337 e. The SMILES string of the molecule is COC(=O)c1ccc(COc2ccc(C=NNS(=O)(=O)c3ccc(C)c([N+](=O)[O-])c3)cc2)cc1. The van der Waals surface area contributed by atoms with Crippen molar-refractivity contribution in [3.05, 3.63) is 99.1 Å². The van der Waals surface area contributed by atoms with Gasteiger partial charge in [-0.15, -0.1) is 0 Å². The molecule has 11 heteroatoms. The molecule has 0 heterocycles. The number of hydrogen-bond acceptors (Lipinski definition) is 8. The number of methoxy groups -OCH3 is 1. The Bertz CT molecular complexity index is 1320. The Balaban J connectivity index is 1.58. The highest BCUT2D eigenvalue weighted by Crippen LogP contribution is 2.22. The fraction of sp³-hybridized carbons (Fsp3) is 0.130. The van der Waals surface area contributed by atoms with Crippen molar-refractivity contribution >= 4 is 27.9 Å². The summed E-state index contributed by atoms with van der Waals surface area (Å²) in [6.07, 6.45) is 1.30. The van der Waals surface area contributed by atoms with Crippen molar-refractivity contribution in [2.24, 2.45) is 5.10 Å². The number of aryl methyl sites for hydroxylation is 1. The molecule has 0 aliphatic rings. The van der Waals surface area contributed by atoms with Crippen molar-refractivity contribution in [3.63, 3.8) is 0 Å². The van der Waals surface area contributed by atoms with Crippen LogP contribution in [0.1, 0.15) is 27.0 Å². The van der Waals surface area contributed by atoms with Crippen LogP contribution in [0.25, 0.3) is 0 Å². The van der Waals surface area contributed by atoms with E-state index in [1.165, 1.54) is 32.4 Å². The molecule has 0 unspecified atom stereocenters. The predicted molar refractivity (Wildman–Crippen MR) is 124 cm³/mol. The average Bonchev–Trinajstić information content (AvgIpc) is 2.83. The highest BCUT2D eigenvalue weighted by Gasteiger charge is 2.19. The van der Waals surface area contributed by atoms with E-state index in [2.05, 4.69) is 9.84 Å². The maximum absolute atomic E-state index is 12.4. The molecule has 0 aliphatic heterocycles. The fourth-order valence-corrected chi connectivity index (χ4v) is 3.66. The Morgan fingerprint density at radius 1 is 1.09 bits per heavy atom. The number of carbonyl (C=O) groups is 1. The minimum absolute atomic E-state index is 0.259. The van der Waals surface area contributed by atoms with Crippen LogP contribution in [-0.2, 0) is 21.4 Å². The molecule has 34 heavy (non-hydrogen) atoms. The molecule has 0 aromatic heterocycles. The van der Waals surface area contributed by atoms with Gasteiger partial charge in [0.15, 0.2) is 0 Å². The molecule has 0 aliphatic carbocycles. The van der Waals surface area contributed by atoms with Crippen molar-refractivity contribution in [3.8, 4) is 5.75 Å². The highest BCUT2D eigenvalue weighted by molar-refractivity contribution is 7.89. The second-order valence-electron chi connectivity index (χ2n) is 7.10. The molecule has 3 rings (SSSR count). The van der Waals surface area contributed by atoms with Crippen molar-refractivity contribution in [2.45, 2.75) is 18.4 Å². The Kier molecular flexibility index (Phi) is 7.59. The van der Waals surface area contributed by atoms with E-state index in [1.54, 1.807) is 48.5 Å². The zero-order valence-electron chi connectivity index (χ0n) is 18.3. The summed E-state index contributed by atoms with van der Waals surface area (Å²) < 4.78 is 35.1. The molecular weight excluding hydrogens is 462 g/mol. The average molecular weight is 484 g/mol. The summed E-state index contributed by atoms with van der Waals surface area (Å²) in [4.78, 5) is 23.6. The molecule has 10 nitrogen and oxygen atoms in total. The van der Waals surface area contributed by atoms with Crippen LogP contribution in [0.4, 0.5) is 5.69 Å². The molecule has 3 aromatic carbocycles. The number of nitrogens with one attached hydrogen (secondary N) is 1. The van der Waals surface area contributed by atoms with Crippen molar-refractivity contribution in [2.75, 3.05) is 7.11 Å². The second-order valence-corrected chi connectivity index (χ2v) is 8.77. The number of hydrogen-bond donors (Lipinski definition) is 1. The van der Waals surface area contributed by atoms with E-state index >= 15 is 0 Å². The Morgan fingerprint density at radius 2 is 1.76 bits per heavy atom. The van der Waals surface area contributed by atoms with Crippen LogP contribution in [0.2, 0.25) is 0 Å². The first-order valence-electron chi connectivity index (χ1n) is 9.89. The summed E-state index contributed by atoms with van der Waals surface area (Å²) in [7, 11) is -2.75. The van der Waals surface area contributed by atoms with Gasteiger partial charge in [-0.2, -0.15) is 13.5 Å². The first-order chi connectivity index (χ1) is 16.2. The molecule has 0 radical (unpaired) electrons. The first-order valence-corrected chi connectivity index (χ1v) is 11.4. The second kappa shape index (κ2) is 10.6. The predicted octanol–water partition coefficient (Wildman–Crippen LogP) is 3.58. The van der Waals surface area contributed by atoms with Gasteiger partial charge in [-0.3, -0.25) is 10.1 Å². The molecule has 0 bridgehead atoms. The van der Waals surface area contributed by atoms with Gasteiger partial charge in [0, 0.05) is 11.6 Å². The molecule has 0 fully saturated rings. The zero-order chi connectivity index (χ0) is 24.7. The van der Waals surface area contributed by atoms with Gasteiger partial charge in [0.1, 0.15) is 12.4 Å². The fourth-order valence-electron chi connectivity index (χ4n) is 2.85. The van der Waals surface area contributed by atoms with E-state index in [4.69, 9.17) is 4.74 Å². The standard InChI is InChI=1S/C23H21N3O7S/c1-16-3-12-21(13-22(16)26(28)29)34(30,31)25-24-14-17-6-10-20(11-7-17)33-15-18-4-8-19(9-5-18)23(27)32-2/h3-14,25H,15H2,1-2H3. The number of ether oxygens (including phenoxy) is 2. The van der Waals surface area contributed by atoms with Crippen molar-refractivity contribution < 1.29 is 27.6 Å². The number of sulfonamides is 1. The minimum atomic E-state index is -4.07. The number of esters is 1. The van der Waals surface area contributed by atoms with Crippen LogP contribution in [0.3, 0.4) is 0 Å². The third kappa shape index (κ3) is 6.17. The topological polar surface area (TPSA) is 137 Å². The number of nitrogens with zero attached hydrogens (tertiary/aromatic N) is 2. The van der Waals surface area contributed by atoms with Gasteiger partial charge >= 0.3 is 5.97 Å². The van der Waals surface area contributed by atoms with Crippen LogP contribution in [0, 0.1) is 17.0 Å². The lowest BCUT2D eigenvalue weighted by Gasteiger charge is -2.07. The van der Waals surface area contributed by atoms with Gasteiger partial charge < -0.3 is 9.47 Å². The third-order valence-corrected chi connectivity index (χ3v) is 5.96. The van der Waals surface area contributed by atoms with Gasteiger partial charge in [0.25, 0.3) is 15.7 Å². The molecular formula is C23H21N3O7S. The zero-order valence-corrected chi connectivity index (χ0v) is 19.1. The number of rotatable bonds is 9. The molecule has 0 atom stereocenters. The number of benzene rings is 3. The lowest BCUT2D eigenvalue weighted by atomic mass is 10.1. The Hall–Kier alpha value is -4.25. The van der Waals surface area contributed by atoms with Crippen LogP contribution >= 0.6 is 0 Å². The van der Waals surface area contributed by atoms with E-state index < -0.39 is 20.9 Å². The Morgan fingerprint density at radius 3 is 2.38 bits per heavy atom. The largest absolute Gasteiger partial charge is 0.489 e. The minimum Gasteiger partial charge on any atom is -0.489 e. The van der Waals surface area contributed by atoms with Crippen molar-refractivity contribution in [1.29, 1.82) is 0 Å². The number of nitro groups is 1. The maximum Gasteiger partial charge on any atom is 0.337 e. The maximum atomic E-state index is 12.4. The van der Waals surface area contributed by atoms with Crippen LogP contribution in [0.15, 0.2) is 76.7 Å². The van der Waals surface area contributed by atoms with Crippen LogP contribution in [-0.4, -0.2) is 32.6 Å². The summed E-state index contributed by atoms with van der Waals surface area (Å²) in [5.74, 6) is 0.175. The van der Waals surface area contributed by atoms with E-state index in [-0.39, 0.29) is 17.2 Å². The molecule has 0 saturated heterocycles. The summed E-state index contributed by atoms with van der Waals surface area (Å²) >= 11 is 0. The molecule has 176 valence electrons. The van der Waals surface area contributed by atoms with E-state index in [0.717, 1.165) is 11.6 Å². The van der Waals surface area contributed by atoms with Crippen molar-refractivity contribution in [1.82, 2.24) is 4.83 Å². The first kappa shape index (κ1) is 24.4. The summed E-state index contributed by atoms with van der Waals surface area (Å²) in [5.41, 5.74) is 1.98. The van der Waals surface area contributed by atoms with Gasteiger partial charge in [-0.05, 0) is 60.5 Å². The molecule has 0 amide bonds. The van der Waals surface area contributed by atoms with Crippen LogP contribution in [0.5, 0.6) is 5.75 Å². The lowest BCUT2D eigenvalue weighted by Crippen LogP contribution is -2.18. The monoisotopic (exact) mass is 483 g/mol. The van der Waals surface area contributed by atoms with E-state index in [0.29, 0.717) is 22.4 Å². The van der Waals surface area contributed by atoms with Gasteiger partial charge in [-0.1, -0.05) is 18.2 Å². The molecule has 1 N–H and O–H groups in total. The molecule has 3 aromatic rings. The van der Waals surface area contributed by atoms with Crippen LogP contribution < -0.4 is 9.57 Å². The van der Waals surface area contributed by atoms with E-state index in [1.807, 2.05) is 4.83 Å². The third-order valence-electron chi connectivity index (χ3n) is 4.73.